The van der Waals surface area contributed by atoms with E-state index in [0.717, 1.165) is 41.5 Å². The van der Waals surface area contributed by atoms with Crippen molar-refractivity contribution >= 4 is 21.8 Å². The van der Waals surface area contributed by atoms with E-state index < -0.39 is 5.72 Å². The number of hydrogen-bond acceptors (Lipinski definition) is 3. The van der Waals surface area contributed by atoms with Crippen LogP contribution < -0.4 is 10.1 Å². The van der Waals surface area contributed by atoms with E-state index in [2.05, 4.69) is 21.2 Å². The number of aliphatic hydroxyl groups is 1. The van der Waals surface area contributed by atoms with Gasteiger partial charge in [0.05, 0.1) is 11.3 Å². The van der Waals surface area contributed by atoms with E-state index in [0.29, 0.717) is 5.57 Å². The normalized spacial score (nSPS) is 34.9. The summed E-state index contributed by atoms with van der Waals surface area (Å²) in [5.41, 5.74) is 0.875. The van der Waals surface area contributed by atoms with Gasteiger partial charge in [0.15, 0.2) is 5.72 Å². The summed E-state index contributed by atoms with van der Waals surface area (Å²) in [5.74, 6) is 0.798. The van der Waals surface area contributed by atoms with Gasteiger partial charge in [-0.1, -0.05) is 22.4 Å². The van der Waals surface area contributed by atoms with Gasteiger partial charge in [0.2, 0.25) is 0 Å². The smallest absolute Gasteiger partial charge is 0.254 e. The Morgan fingerprint density at radius 3 is 3.05 bits per heavy atom. The van der Waals surface area contributed by atoms with Crippen LogP contribution in [0.2, 0.25) is 0 Å². The third kappa shape index (κ3) is 1.84. The maximum Gasteiger partial charge on any atom is 0.254 e. The number of fused-ring (bicyclic) bond motifs is 2. The van der Waals surface area contributed by atoms with Crippen LogP contribution in [0.1, 0.15) is 44.1 Å². The Kier molecular flexibility index (Phi) is 3.05. The van der Waals surface area contributed by atoms with E-state index in [9.17, 15) is 9.90 Å². The molecule has 3 atom stereocenters. The molecule has 1 aromatic rings. The van der Waals surface area contributed by atoms with E-state index >= 15 is 0 Å². The van der Waals surface area contributed by atoms with E-state index in [-0.39, 0.29) is 23.5 Å². The topological polar surface area (TPSA) is 58.6 Å². The van der Waals surface area contributed by atoms with Crippen molar-refractivity contribution in [1.82, 2.24) is 5.32 Å². The summed E-state index contributed by atoms with van der Waals surface area (Å²) in [4.78, 5) is 12.6. The number of benzene rings is 1. The molecule has 0 radical (unpaired) electrons. The largest absolute Gasteiger partial charge is 0.512 e. The lowest BCUT2D eigenvalue weighted by atomic mass is 9.64. The first-order valence-electron chi connectivity index (χ1n) is 7.72. The van der Waals surface area contributed by atoms with Crippen LogP contribution in [0.25, 0.3) is 0 Å². The molecule has 1 saturated carbocycles. The third-order valence-electron chi connectivity index (χ3n) is 5.18. The predicted octanol–water partition coefficient (Wildman–Crippen LogP) is 3.77. The van der Waals surface area contributed by atoms with Crippen LogP contribution in [-0.2, 0) is 4.79 Å². The molecular weight excluding hydrogens is 346 g/mol. The number of piperidine rings is 1. The summed E-state index contributed by atoms with van der Waals surface area (Å²) in [6.45, 7) is 1.60. The molecular formula is C17H18BrNO3. The summed E-state index contributed by atoms with van der Waals surface area (Å²) in [5, 5.41) is 13.2. The van der Waals surface area contributed by atoms with Crippen molar-refractivity contribution in [2.75, 3.05) is 0 Å². The average Bonchev–Trinajstić information content (AvgIpc) is 2.46. The van der Waals surface area contributed by atoms with E-state index in [1.807, 2.05) is 18.2 Å². The van der Waals surface area contributed by atoms with Crippen molar-refractivity contribution in [2.24, 2.45) is 5.92 Å². The highest BCUT2D eigenvalue weighted by Crippen LogP contribution is 2.56. The van der Waals surface area contributed by atoms with Gasteiger partial charge in [-0.25, -0.2) is 0 Å². The van der Waals surface area contributed by atoms with E-state index in [1.165, 1.54) is 0 Å². The van der Waals surface area contributed by atoms with Crippen LogP contribution in [0.15, 0.2) is 34.0 Å². The Hall–Kier alpha value is -1.49. The minimum Gasteiger partial charge on any atom is -0.512 e. The molecule has 3 unspecified atom stereocenters. The van der Waals surface area contributed by atoms with Crippen molar-refractivity contribution in [1.29, 1.82) is 0 Å². The van der Waals surface area contributed by atoms with Crippen LogP contribution in [0, 0.1) is 5.92 Å². The molecule has 2 aliphatic heterocycles. The van der Waals surface area contributed by atoms with Gasteiger partial charge in [-0.3, -0.25) is 4.79 Å². The molecule has 0 aromatic heterocycles. The Morgan fingerprint density at radius 1 is 1.45 bits per heavy atom. The number of amides is 1. The average molecular weight is 364 g/mol. The van der Waals surface area contributed by atoms with Gasteiger partial charge in [-0.2, -0.15) is 0 Å². The minimum atomic E-state index is -0.611. The second kappa shape index (κ2) is 4.75. The van der Waals surface area contributed by atoms with Crippen molar-refractivity contribution in [3.63, 3.8) is 0 Å². The quantitative estimate of drug-likeness (QED) is 0.544. The maximum absolute atomic E-state index is 12.6. The van der Waals surface area contributed by atoms with Gasteiger partial charge >= 0.3 is 0 Å². The SMILES string of the molecule is C/C(O)=C1/C(=O)NC23CCCCC2C1c1cc(Br)ccc1O3. The fourth-order valence-electron chi connectivity index (χ4n) is 4.33. The molecule has 2 bridgehead atoms. The number of hydrogen-bond donors (Lipinski definition) is 2. The van der Waals surface area contributed by atoms with Crippen LogP contribution in [-0.4, -0.2) is 16.7 Å². The van der Waals surface area contributed by atoms with Crippen LogP contribution in [0.3, 0.4) is 0 Å². The number of rotatable bonds is 0. The van der Waals surface area contributed by atoms with Gasteiger partial charge in [-0.05, 0) is 38.0 Å². The van der Waals surface area contributed by atoms with Crippen molar-refractivity contribution in [2.45, 2.75) is 44.2 Å². The molecule has 2 heterocycles. The van der Waals surface area contributed by atoms with Gasteiger partial charge in [0, 0.05) is 28.3 Å². The highest BCUT2D eigenvalue weighted by atomic mass is 79.9. The summed E-state index contributed by atoms with van der Waals surface area (Å²) in [6, 6.07) is 5.91. The monoisotopic (exact) mass is 363 g/mol. The van der Waals surface area contributed by atoms with Crippen molar-refractivity contribution in [3.8, 4) is 5.75 Å². The predicted molar refractivity (Wildman–Crippen MR) is 85.7 cm³/mol. The number of halogens is 1. The zero-order valence-corrected chi connectivity index (χ0v) is 13.9. The Morgan fingerprint density at radius 2 is 2.27 bits per heavy atom. The van der Waals surface area contributed by atoms with Crippen LogP contribution >= 0.6 is 15.9 Å². The van der Waals surface area contributed by atoms with Crippen molar-refractivity contribution in [3.05, 3.63) is 39.6 Å². The number of carbonyl (C=O) groups is 1. The summed E-state index contributed by atoms with van der Waals surface area (Å²) in [7, 11) is 0. The Bertz CT molecular complexity index is 695. The highest BCUT2D eigenvalue weighted by molar-refractivity contribution is 9.10. The minimum absolute atomic E-state index is 0.0969. The number of carbonyl (C=O) groups excluding carboxylic acids is 1. The number of ether oxygens (including phenoxy) is 1. The summed E-state index contributed by atoms with van der Waals surface area (Å²) >= 11 is 3.50. The van der Waals surface area contributed by atoms with Gasteiger partial charge in [0.1, 0.15) is 5.75 Å². The fourth-order valence-corrected chi connectivity index (χ4v) is 4.71. The first-order chi connectivity index (χ1) is 10.5. The second-order valence-electron chi connectivity index (χ2n) is 6.46. The van der Waals surface area contributed by atoms with E-state index in [1.54, 1.807) is 6.92 Å². The lowest BCUT2D eigenvalue weighted by Gasteiger charge is -2.54. The maximum atomic E-state index is 12.6. The second-order valence-corrected chi connectivity index (χ2v) is 7.37. The molecule has 22 heavy (non-hydrogen) atoms. The molecule has 0 spiro atoms. The van der Waals surface area contributed by atoms with Crippen molar-refractivity contribution < 1.29 is 14.6 Å². The van der Waals surface area contributed by atoms with Crippen LogP contribution in [0.4, 0.5) is 0 Å². The molecule has 1 aliphatic carbocycles. The highest BCUT2D eigenvalue weighted by Gasteiger charge is 2.57. The first kappa shape index (κ1) is 14.1. The zero-order valence-electron chi connectivity index (χ0n) is 12.4. The zero-order chi connectivity index (χ0) is 15.5. The molecule has 3 aliphatic rings. The Labute approximate surface area is 137 Å². The van der Waals surface area contributed by atoms with Gasteiger partial charge in [-0.15, -0.1) is 0 Å². The van der Waals surface area contributed by atoms with Crippen LogP contribution in [0.5, 0.6) is 5.75 Å². The molecule has 4 nitrogen and oxygen atoms in total. The number of nitrogens with one attached hydrogen (secondary N) is 1. The Balaban J connectivity index is 1.97. The molecule has 2 fully saturated rings. The number of aliphatic hydroxyl groups excluding tert-OH is 1. The molecule has 1 amide bonds. The van der Waals surface area contributed by atoms with Gasteiger partial charge < -0.3 is 15.2 Å². The molecule has 5 heteroatoms. The van der Waals surface area contributed by atoms with Gasteiger partial charge in [0.25, 0.3) is 5.91 Å². The third-order valence-corrected chi connectivity index (χ3v) is 5.68. The summed E-state index contributed by atoms with van der Waals surface area (Å²) in [6.07, 6.45) is 4.00. The van der Waals surface area contributed by atoms with E-state index in [4.69, 9.17) is 4.74 Å². The molecule has 2 N–H and O–H groups in total. The standard InChI is InChI=1S/C17H18BrNO3/c1-9(20)14-15-11-8-10(18)5-6-13(11)22-17(19-16(14)21)7-3-2-4-12(15)17/h5-6,8,12,15,20H,2-4,7H2,1H3,(H,19,21)/b14-9-. The lowest BCUT2D eigenvalue weighted by Crippen LogP contribution is -2.66. The summed E-state index contributed by atoms with van der Waals surface area (Å²) < 4.78 is 7.25. The molecule has 1 aromatic carbocycles. The lowest BCUT2D eigenvalue weighted by molar-refractivity contribution is -0.140. The molecule has 4 rings (SSSR count). The number of allylic oxidation sites excluding steroid dienone is 1. The molecule has 1 saturated heterocycles. The molecule has 116 valence electrons. The first-order valence-corrected chi connectivity index (χ1v) is 8.52. The fraction of sp³-hybridized carbons (Fsp3) is 0.471.